The lowest BCUT2D eigenvalue weighted by molar-refractivity contribution is 0.336. The minimum atomic E-state index is -0.887. The molecule has 5 nitrogen and oxygen atoms in total. The summed E-state index contributed by atoms with van der Waals surface area (Å²) < 4.78 is 0. The summed E-state index contributed by atoms with van der Waals surface area (Å²) in [5.41, 5.74) is 7.04. The summed E-state index contributed by atoms with van der Waals surface area (Å²) in [4.78, 5) is 8.55. The Morgan fingerprint density at radius 3 is 2.65 bits per heavy atom. The summed E-state index contributed by atoms with van der Waals surface area (Å²) in [6.45, 7) is 3.98. The zero-order valence-corrected chi connectivity index (χ0v) is 10.0. The van der Waals surface area contributed by atoms with Gasteiger partial charge < -0.3 is 10.6 Å². The third kappa shape index (κ3) is 2.62. The van der Waals surface area contributed by atoms with Gasteiger partial charge in [0.1, 0.15) is 0 Å². The van der Waals surface area contributed by atoms with Crippen molar-refractivity contribution in [1.82, 2.24) is 5.32 Å². The van der Waals surface area contributed by atoms with Crippen LogP contribution in [0.5, 0.6) is 0 Å². The lowest BCUT2D eigenvalue weighted by Crippen LogP contribution is -2.49. The molecule has 0 aromatic heterocycles. The molecule has 0 radical (unpaired) electrons. The maximum atomic E-state index is 6.08. The molecule has 0 spiro atoms. The summed E-state index contributed by atoms with van der Waals surface area (Å²) >= 11 is 0. The predicted octanol–water partition coefficient (Wildman–Crippen LogP) is 1.35. The monoisotopic (exact) mass is 231 g/mol. The molecule has 1 aliphatic rings. The van der Waals surface area contributed by atoms with E-state index < -0.39 is 5.79 Å². The summed E-state index contributed by atoms with van der Waals surface area (Å²) in [6.07, 6.45) is 1.58. The second-order valence-electron chi connectivity index (χ2n) is 4.29. The SMILES string of the molecule is CC(C)C1(N)N=CNC(Nc2ccccc2)=N1. The zero-order chi connectivity index (χ0) is 12.3. The highest BCUT2D eigenvalue weighted by atomic mass is 15.3. The van der Waals surface area contributed by atoms with Crippen molar-refractivity contribution in [2.24, 2.45) is 21.6 Å². The van der Waals surface area contributed by atoms with Crippen molar-refractivity contribution < 1.29 is 0 Å². The van der Waals surface area contributed by atoms with Crippen LogP contribution in [0.2, 0.25) is 0 Å². The normalized spacial score (nSPS) is 23.2. The van der Waals surface area contributed by atoms with E-state index in [1.54, 1.807) is 6.34 Å². The molecule has 0 bridgehead atoms. The van der Waals surface area contributed by atoms with E-state index in [1.807, 2.05) is 44.2 Å². The number of rotatable bonds is 2. The van der Waals surface area contributed by atoms with Crippen molar-refractivity contribution in [3.05, 3.63) is 30.3 Å². The third-order valence-corrected chi connectivity index (χ3v) is 2.65. The van der Waals surface area contributed by atoms with Gasteiger partial charge in [-0.25, -0.2) is 9.98 Å². The molecule has 0 fully saturated rings. The van der Waals surface area contributed by atoms with E-state index in [-0.39, 0.29) is 5.92 Å². The van der Waals surface area contributed by atoms with Crippen molar-refractivity contribution in [1.29, 1.82) is 0 Å². The minimum Gasteiger partial charge on any atom is -0.326 e. The molecular weight excluding hydrogens is 214 g/mol. The first-order valence-corrected chi connectivity index (χ1v) is 5.61. The van der Waals surface area contributed by atoms with Crippen LogP contribution in [0.15, 0.2) is 40.3 Å². The summed E-state index contributed by atoms with van der Waals surface area (Å²) in [5, 5.41) is 6.10. The van der Waals surface area contributed by atoms with Crippen molar-refractivity contribution in [2.45, 2.75) is 19.6 Å². The molecule has 0 saturated heterocycles. The highest BCUT2D eigenvalue weighted by Gasteiger charge is 2.29. The quantitative estimate of drug-likeness (QED) is 0.719. The highest BCUT2D eigenvalue weighted by Crippen LogP contribution is 2.18. The Hall–Kier alpha value is -1.88. The number of benzene rings is 1. The van der Waals surface area contributed by atoms with Gasteiger partial charge in [-0.3, -0.25) is 5.73 Å². The third-order valence-electron chi connectivity index (χ3n) is 2.65. The summed E-state index contributed by atoms with van der Waals surface area (Å²) in [5.74, 6) is -0.140. The first kappa shape index (κ1) is 11.6. The fourth-order valence-corrected chi connectivity index (χ4v) is 1.44. The van der Waals surface area contributed by atoms with Crippen LogP contribution in [0.1, 0.15) is 13.8 Å². The van der Waals surface area contributed by atoms with Crippen molar-refractivity contribution in [3.63, 3.8) is 0 Å². The molecule has 1 atom stereocenters. The molecule has 5 heteroatoms. The van der Waals surface area contributed by atoms with E-state index in [9.17, 15) is 0 Å². The predicted molar refractivity (Wildman–Crippen MR) is 70.9 cm³/mol. The summed E-state index contributed by atoms with van der Waals surface area (Å²) in [7, 11) is 0. The lowest BCUT2D eigenvalue weighted by Gasteiger charge is -2.28. The van der Waals surface area contributed by atoms with Crippen LogP contribution in [-0.2, 0) is 0 Å². The highest BCUT2D eigenvalue weighted by molar-refractivity contribution is 6.01. The van der Waals surface area contributed by atoms with E-state index in [0.29, 0.717) is 5.96 Å². The van der Waals surface area contributed by atoms with Gasteiger partial charge in [-0.2, -0.15) is 0 Å². The van der Waals surface area contributed by atoms with Gasteiger partial charge in [0.05, 0.1) is 6.34 Å². The fourth-order valence-electron chi connectivity index (χ4n) is 1.44. The van der Waals surface area contributed by atoms with Crippen LogP contribution < -0.4 is 16.4 Å². The van der Waals surface area contributed by atoms with Gasteiger partial charge in [0.25, 0.3) is 0 Å². The second-order valence-corrected chi connectivity index (χ2v) is 4.29. The smallest absolute Gasteiger partial charge is 0.209 e. The molecule has 1 heterocycles. The Balaban J connectivity index is 2.15. The Labute approximate surface area is 101 Å². The number of aliphatic imine (C=N–C) groups is 2. The number of para-hydroxylation sites is 1. The molecule has 1 aromatic rings. The number of nitrogens with two attached hydrogens (primary N) is 1. The molecule has 90 valence electrons. The number of guanidine groups is 1. The average molecular weight is 231 g/mol. The maximum absolute atomic E-state index is 6.08. The molecular formula is C12H17N5. The maximum Gasteiger partial charge on any atom is 0.209 e. The van der Waals surface area contributed by atoms with Crippen molar-refractivity contribution in [3.8, 4) is 0 Å². The number of anilines is 1. The Bertz CT molecular complexity index is 437. The van der Waals surface area contributed by atoms with Gasteiger partial charge in [-0.15, -0.1) is 0 Å². The van der Waals surface area contributed by atoms with Crippen LogP contribution in [-0.4, -0.2) is 18.1 Å². The van der Waals surface area contributed by atoms with Gasteiger partial charge in [0, 0.05) is 11.6 Å². The van der Waals surface area contributed by atoms with Gasteiger partial charge in [0.15, 0.2) is 0 Å². The average Bonchev–Trinajstić information content (AvgIpc) is 2.30. The molecule has 0 amide bonds. The van der Waals surface area contributed by atoms with Crippen molar-refractivity contribution in [2.75, 3.05) is 5.32 Å². The molecule has 17 heavy (non-hydrogen) atoms. The van der Waals surface area contributed by atoms with E-state index in [0.717, 1.165) is 5.69 Å². The topological polar surface area (TPSA) is 74.8 Å². The van der Waals surface area contributed by atoms with Gasteiger partial charge in [-0.1, -0.05) is 32.0 Å². The molecule has 1 aliphatic heterocycles. The van der Waals surface area contributed by atoms with Gasteiger partial charge >= 0.3 is 0 Å². The number of nitrogens with zero attached hydrogens (tertiary/aromatic N) is 2. The minimum absolute atomic E-state index is 0.133. The number of hydrogen-bond acceptors (Lipinski definition) is 5. The lowest BCUT2D eigenvalue weighted by atomic mass is 10.1. The molecule has 0 aliphatic carbocycles. The van der Waals surface area contributed by atoms with Crippen LogP contribution in [0.3, 0.4) is 0 Å². The number of hydrogen-bond donors (Lipinski definition) is 3. The van der Waals surface area contributed by atoms with Crippen LogP contribution in [0.25, 0.3) is 0 Å². The van der Waals surface area contributed by atoms with Crippen LogP contribution in [0, 0.1) is 5.92 Å². The van der Waals surface area contributed by atoms with Crippen molar-refractivity contribution >= 4 is 18.0 Å². The van der Waals surface area contributed by atoms with E-state index >= 15 is 0 Å². The Morgan fingerprint density at radius 2 is 2.00 bits per heavy atom. The van der Waals surface area contributed by atoms with E-state index in [4.69, 9.17) is 5.73 Å². The molecule has 1 aromatic carbocycles. The van der Waals surface area contributed by atoms with E-state index in [1.165, 1.54) is 0 Å². The molecule has 2 rings (SSSR count). The second kappa shape index (κ2) is 4.55. The zero-order valence-electron chi connectivity index (χ0n) is 10.0. The Kier molecular flexibility index (Phi) is 3.10. The standard InChI is InChI=1S/C12H17N5/c1-9(2)12(13)15-8-14-11(17-12)16-10-6-4-3-5-7-10/h3-9H,13H2,1-2H3,(H2,14,15,16,17). The Morgan fingerprint density at radius 1 is 1.29 bits per heavy atom. The first-order chi connectivity index (χ1) is 8.10. The van der Waals surface area contributed by atoms with Gasteiger partial charge in [-0.05, 0) is 12.1 Å². The van der Waals surface area contributed by atoms with Gasteiger partial charge in [0.2, 0.25) is 11.7 Å². The number of nitrogens with one attached hydrogen (secondary N) is 2. The fraction of sp³-hybridized carbons (Fsp3) is 0.333. The molecule has 0 saturated carbocycles. The van der Waals surface area contributed by atoms with Crippen LogP contribution in [0.4, 0.5) is 5.69 Å². The largest absolute Gasteiger partial charge is 0.326 e. The molecule has 4 N–H and O–H groups in total. The summed E-state index contributed by atoms with van der Waals surface area (Å²) in [6, 6.07) is 9.80. The van der Waals surface area contributed by atoms with E-state index in [2.05, 4.69) is 20.6 Å². The first-order valence-electron chi connectivity index (χ1n) is 5.61. The molecule has 1 unspecified atom stereocenters. The van der Waals surface area contributed by atoms with Crippen LogP contribution >= 0.6 is 0 Å².